The van der Waals surface area contributed by atoms with E-state index in [1.54, 1.807) is 0 Å². The van der Waals surface area contributed by atoms with E-state index in [4.69, 9.17) is 23.2 Å². The van der Waals surface area contributed by atoms with Crippen molar-refractivity contribution in [2.45, 2.75) is 19.9 Å². The Morgan fingerprint density at radius 1 is 1.24 bits per heavy atom. The highest BCUT2D eigenvalue weighted by Gasteiger charge is 2.13. The fourth-order valence-electron chi connectivity index (χ4n) is 1.69. The van der Waals surface area contributed by atoms with Crippen molar-refractivity contribution in [3.8, 4) is 0 Å². The Balaban J connectivity index is 2.20. The van der Waals surface area contributed by atoms with E-state index >= 15 is 0 Å². The number of aryl methyl sites for hydroxylation is 1. The number of benzene rings is 1. The van der Waals surface area contributed by atoms with Crippen molar-refractivity contribution in [3.05, 3.63) is 50.1 Å². The van der Waals surface area contributed by atoms with Crippen LogP contribution in [-0.4, -0.2) is 0 Å². The normalized spacial score (nSPS) is 12.5. The summed E-state index contributed by atoms with van der Waals surface area (Å²) in [7, 11) is 0. The molecular weight excluding hydrogens is 273 g/mol. The fraction of sp³-hybridized carbons (Fsp3) is 0.231. The van der Waals surface area contributed by atoms with Gasteiger partial charge in [0.25, 0.3) is 0 Å². The lowest BCUT2D eigenvalue weighted by Gasteiger charge is -2.16. The number of anilines is 1. The van der Waals surface area contributed by atoms with Crippen LogP contribution in [0.5, 0.6) is 0 Å². The highest BCUT2D eigenvalue weighted by atomic mass is 35.5. The number of hydrogen-bond donors (Lipinski definition) is 1. The number of para-hydroxylation sites is 1. The van der Waals surface area contributed by atoms with Crippen LogP contribution in [0.1, 0.15) is 24.1 Å². The van der Waals surface area contributed by atoms with E-state index in [0.29, 0.717) is 0 Å². The molecule has 17 heavy (non-hydrogen) atoms. The first-order valence-electron chi connectivity index (χ1n) is 5.35. The predicted molar refractivity (Wildman–Crippen MR) is 77.6 cm³/mol. The van der Waals surface area contributed by atoms with Crippen molar-refractivity contribution < 1.29 is 0 Å². The second-order valence-corrected chi connectivity index (χ2v) is 6.25. The Hall–Kier alpha value is -0.700. The molecule has 90 valence electrons. The molecule has 1 atom stereocenters. The van der Waals surface area contributed by atoms with Gasteiger partial charge in [-0.25, -0.2) is 0 Å². The summed E-state index contributed by atoms with van der Waals surface area (Å²) in [5.41, 5.74) is 3.39. The molecule has 1 N–H and O–H groups in total. The molecular formula is C13H13Cl2NS. The molecule has 1 aromatic carbocycles. The third-order valence-corrected chi connectivity index (χ3v) is 4.18. The molecule has 2 aromatic rings. The molecule has 1 unspecified atom stereocenters. The molecule has 0 spiro atoms. The van der Waals surface area contributed by atoms with Gasteiger partial charge in [0.05, 0.1) is 14.7 Å². The molecule has 0 aliphatic heterocycles. The maximum absolute atomic E-state index is 6.14. The minimum atomic E-state index is 0.146. The first-order valence-corrected chi connectivity index (χ1v) is 6.92. The third kappa shape index (κ3) is 2.95. The molecule has 0 aliphatic carbocycles. The van der Waals surface area contributed by atoms with Crippen LogP contribution in [0.25, 0.3) is 0 Å². The molecule has 2 rings (SSSR count). The van der Waals surface area contributed by atoms with Crippen LogP contribution in [0, 0.1) is 6.92 Å². The Bertz CT molecular complexity index is 522. The third-order valence-electron chi connectivity index (χ3n) is 2.67. The average molecular weight is 286 g/mol. The van der Waals surface area contributed by atoms with E-state index in [2.05, 4.69) is 31.3 Å². The number of hydrogen-bond acceptors (Lipinski definition) is 2. The van der Waals surface area contributed by atoms with Crippen molar-refractivity contribution in [1.29, 1.82) is 0 Å². The summed E-state index contributed by atoms with van der Waals surface area (Å²) in [4.78, 5) is 0. The van der Waals surface area contributed by atoms with Gasteiger partial charge in [-0.1, -0.05) is 41.4 Å². The van der Waals surface area contributed by atoms with Crippen molar-refractivity contribution in [2.24, 2.45) is 0 Å². The zero-order valence-corrected chi connectivity index (χ0v) is 12.0. The second kappa shape index (κ2) is 5.30. The zero-order chi connectivity index (χ0) is 12.4. The van der Waals surface area contributed by atoms with Crippen molar-refractivity contribution in [2.75, 3.05) is 5.32 Å². The maximum atomic E-state index is 6.14. The summed E-state index contributed by atoms with van der Waals surface area (Å²) in [6, 6.07) is 10.3. The highest BCUT2D eigenvalue weighted by molar-refractivity contribution is 7.20. The lowest BCUT2D eigenvalue weighted by atomic mass is 10.1. The van der Waals surface area contributed by atoms with Gasteiger partial charge >= 0.3 is 0 Å². The van der Waals surface area contributed by atoms with Gasteiger partial charge in [-0.3, -0.25) is 0 Å². The number of rotatable bonds is 3. The monoisotopic (exact) mass is 285 g/mol. The molecule has 1 heterocycles. The predicted octanol–water partition coefficient (Wildman–Crippen LogP) is 5.54. The highest BCUT2D eigenvalue weighted by Crippen LogP contribution is 2.36. The van der Waals surface area contributed by atoms with Crippen molar-refractivity contribution in [3.63, 3.8) is 0 Å². The molecule has 0 saturated heterocycles. The minimum Gasteiger partial charge on any atom is -0.378 e. The SMILES string of the molecule is Cc1ccccc1NC(C)c1cc(Cl)sc1Cl. The van der Waals surface area contributed by atoms with E-state index in [-0.39, 0.29) is 6.04 Å². The summed E-state index contributed by atoms with van der Waals surface area (Å²) in [5.74, 6) is 0. The molecule has 0 bridgehead atoms. The smallest absolute Gasteiger partial charge is 0.0996 e. The fourth-order valence-corrected chi connectivity index (χ4v) is 3.34. The van der Waals surface area contributed by atoms with Gasteiger partial charge in [-0.2, -0.15) is 0 Å². The Morgan fingerprint density at radius 2 is 1.94 bits per heavy atom. The molecule has 1 aromatic heterocycles. The van der Waals surface area contributed by atoms with Crippen LogP contribution in [0.15, 0.2) is 30.3 Å². The molecule has 0 radical (unpaired) electrons. The summed E-state index contributed by atoms with van der Waals surface area (Å²) in [6.45, 7) is 4.16. The Labute approximate surface area is 115 Å². The van der Waals surface area contributed by atoms with E-state index < -0.39 is 0 Å². The van der Waals surface area contributed by atoms with E-state index in [1.165, 1.54) is 16.9 Å². The van der Waals surface area contributed by atoms with Crippen LogP contribution >= 0.6 is 34.5 Å². The van der Waals surface area contributed by atoms with E-state index in [9.17, 15) is 0 Å². The van der Waals surface area contributed by atoms with Gasteiger partial charge in [0.2, 0.25) is 0 Å². The quantitative estimate of drug-likeness (QED) is 0.781. The van der Waals surface area contributed by atoms with Crippen LogP contribution in [0.3, 0.4) is 0 Å². The number of halogens is 2. The van der Waals surface area contributed by atoms with Crippen LogP contribution < -0.4 is 5.32 Å². The molecule has 0 fully saturated rings. The van der Waals surface area contributed by atoms with E-state index in [0.717, 1.165) is 19.9 Å². The van der Waals surface area contributed by atoms with Crippen LogP contribution in [0.4, 0.5) is 5.69 Å². The first kappa shape index (κ1) is 12.7. The van der Waals surface area contributed by atoms with Gasteiger partial charge in [-0.15, -0.1) is 11.3 Å². The van der Waals surface area contributed by atoms with Crippen molar-refractivity contribution >= 4 is 40.2 Å². The molecule has 0 aliphatic rings. The first-order chi connectivity index (χ1) is 8.08. The average Bonchev–Trinajstić information content (AvgIpc) is 2.61. The summed E-state index contributed by atoms with van der Waals surface area (Å²) < 4.78 is 1.48. The minimum absolute atomic E-state index is 0.146. The number of nitrogens with one attached hydrogen (secondary N) is 1. The molecule has 1 nitrogen and oxygen atoms in total. The van der Waals surface area contributed by atoms with Crippen molar-refractivity contribution in [1.82, 2.24) is 0 Å². The van der Waals surface area contributed by atoms with Gasteiger partial charge < -0.3 is 5.32 Å². The second-order valence-electron chi connectivity index (χ2n) is 3.96. The molecule has 4 heteroatoms. The topological polar surface area (TPSA) is 12.0 Å². The summed E-state index contributed by atoms with van der Waals surface area (Å²) >= 11 is 13.5. The van der Waals surface area contributed by atoms with Gasteiger partial charge in [0, 0.05) is 11.3 Å². The summed E-state index contributed by atoms with van der Waals surface area (Å²) in [6.07, 6.45) is 0. The largest absolute Gasteiger partial charge is 0.378 e. The Morgan fingerprint density at radius 3 is 2.53 bits per heavy atom. The summed E-state index contributed by atoms with van der Waals surface area (Å²) in [5, 5.41) is 3.44. The molecule has 0 amide bonds. The van der Waals surface area contributed by atoms with Crippen LogP contribution in [-0.2, 0) is 0 Å². The Kier molecular flexibility index (Phi) is 3.97. The van der Waals surface area contributed by atoms with Gasteiger partial charge in [-0.05, 0) is 31.5 Å². The van der Waals surface area contributed by atoms with Gasteiger partial charge in [0.15, 0.2) is 0 Å². The lowest BCUT2D eigenvalue weighted by Crippen LogP contribution is -2.06. The van der Waals surface area contributed by atoms with E-state index in [1.807, 2.05) is 18.2 Å². The maximum Gasteiger partial charge on any atom is 0.0996 e. The number of thiophene rings is 1. The zero-order valence-electron chi connectivity index (χ0n) is 9.63. The molecule has 0 saturated carbocycles. The lowest BCUT2D eigenvalue weighted by molar-refractivity contribution is 0.888. The van der Waals surface area contributed by atoms with Gasteiger partial charge in [0.1, 0.15) is 0 Å². The standard InChI is InChI=1S/C13H13Cl2NS/c1-8-5-3-4-6-11(8)16-9(2)10-7-12(14)17-13(10)15/h3-7,9,16H,1-2H3. The van der Waals surface area contributed by atoms with Crippen LogP contribution in [0.2, 0.25) is 8.67 Å².